The highest BCUT2D eigenvalue weighted by molar-refractivity contribution is 7.15. The van der Waals surface area contributed by atoms with E-state index in [4.69, 9.17) is 11.6 Å². The molecule has 122 valence electrons. The molecule has 3 nitrogen and oxygen atoms in total. The minimum atomic E-state index is -0.132. The number of nitrogens with one attached hydrogen (secondary N) is 1. The van der Waals surface area contributed by atoms with E-state index in [-0.39, 0.29) is 5.91 Å². The van der Waals surface area contributed by atoms with Gasteiger partial charge in [-0.1, -0.05) is 41.9 Å². The minimum absolute atomic E-state index is 0.132. The van der Waals surface area contributed by atoms with Crippen LogP contribution in [0.15, 0.2) is 48.7 Å². The summed E-state index contributed by atoms with van der Waals surface area (Å²) in [6.07, 6.45) is 2.55. The van der Waals surface area contributed by atoms with Crippen molar-refractivity contribution in [1.82, 2.24) is 4.98 Å². The van der Waals surface area contributed by atoms with Crippen LogP contribution in [0.2, 0.25) is 5.02 Å². The number of rotatable bonds is 4. The van der Waals surface area contributed by atoms with E-state index in [9.17, 15) is 4.79 Å². The van der Waals surface area contributed by atoms with E-state index < -0.39 is 0 Å². The molecular weight excluding hydrogens is 340 g/mol. The molecule has 24 heavy (non-hydrogen) atoms. The fourth-order valence-electron chi connectivity index (χ4n) is 2.39. The Kier molecular flexibility index (Phi) is 4.97. The first kappa shape index (κ1) is 16.7. The van der Waals surface area contributed by atoms with Crippen LogP contribution >= 0.6 is 22.9 Å². The Morgan fingerprint density at radius 2 is 1.96 bits per heavy atom. The summed E-state index contributed by atoms with van der Waals surface area (Å²) >= 11 is 7.65. The second kappa shape index (κ2) is 7.16. The number of hydrogen-bond donors (Lipinski definition) is 1. The first-order chi connectivity index (χ1) is 11.5. The number of carbonyl (C=O) groups excluding carboxylic acids is 1. The first-order valence-corrected chi connectivity index (χ1v) is 8.79. The molecule has 3 rings (SSSR count). The molecule has 0 bridgehead atoms. The van der Waals surface area contributed by atoms with Gasteiger partial charge in [0.05, 0.1) is 0 Å². The lowest BCUT2D eigenvalue weighted by molar-refractivity contribution is 0.102. The van der Waals surface area contributed by atoms with Gasteiger partial charge in [0.15, 0.2) is 5.13 Å². The summed E-state index contributed by atoms with van der Waals surface area (Å²) in [7, 11) is 0. The summed E-state index contributed by atoms with van der Waals surface area (Å²) in [5, 5.41) is 4.24. The Hall–Kier alpha value is -2.17. The molecule has 0 fully saturated rings. The smallest absolute Gasteiger partial charge is 0.257 e. The van der Waals surface area contributed by atoms with Gasteiger partial charge in [-0.3, -0.25) is 10.1 Å². The van der Waals surface area contributed by atoms with E-state index in [2.05, 4.69) is 16.4 Å². The Morgan fingerprint density at radius 1 is 1.17 bits per heavy atom. The molecule has 0 saturated heterocycles. The number of amides is 1. The standard InChI is InChI=1S/C19H17ClN2OS/c1-12-5-3-4-6-16(12)18(23)22-19-21-11-15(24-19)9-14-8-7-13(2)17(20)10-14/h3-8,10-11H,9H2,1-2H3,(H,21,22,23). The van der Waals surface area contributed by atoms with Crippen LogP contribution in [0.25, 0.3) is 0 Å². The minimum Gasteiger partial charge on any atom is -0.298 e. The first-order valence-electron chi connectivity index (χ1n) is 7.59. The maximum Gasteiger partial charge on any atom is 0.257 e. The van der Waals surface area contributed by atoms with Gasteiger partial charge in [0.25, 0.3) is 5.91 Å². The molecule has 0 atom stereocenters. The summed E-state index contributed by atoms with van der Waals surface area (Å²) in [6, 6.07) is 13.6. The van der Waals surface area contributed by atoms with E-state index in [0.717, 1.165) is 33.0 Å². The van der Waals surface area contributed by atoms with Crippen LogP contribution in [0.5, 0.6) is 0 Å². The number of aryl methyl sites for hydroxylation is 2. The van der Waals surface area contributed by atoms with Crippen molar-refractivity contribution in [2.45, 2.75) is 20.3 Å². The van der Waals surface area contributed by atoms with Crippen LogP contribution in [0.3, 0.4) is 0 Å². The maximum absolute atomic E-state index is 12.3. The quantitative estimate of drug-likeness (QED) is 0.693. The summed E-state index contributed by atoms with van der Waals surface area (Å²) < 4.78 is 0. The number of halogens is 1. The normalized spacial score (nSPS) is 10.6. The third-order valence-corrected chi connectivity index (χ3v) is 5.10. The average molecular weight is 357 g/mol. The monoisotopic (exact) mass is 356 g/mol. The van der Waals surface area contributed by atoms with Gasteiger partial charge in [0, 0.05) is 28.1 Å². The number of hydrogen-bond acceptors (Lipinski definition) is 3. The van der Waals surface area contributed by atoms with Gasteiger partial charge < -0.3 is 0 Å². The van der Waals surface area contributed by atoms with Gasteiger partial charge in [-0.15, -0.1) is 11.3 Å². The molecule has 1 aromatic heterocycles. The molecule has 0 saturated carbocycles. The second-order valence-electron chi connectivity index (χ2n) is 5.66. The highest BCUT2D eigenvalue weighted by Crippen LogP contribution is 2.24. The number of aromatic nitrogens is 1. The van der Waals surface area contributed by atoms with Gasteiger partial charge in [-0.05, 0) is 42.7 Å². The molecule has 1 amide bonds. The van der Waals surface area contributed by atoms with E-state index >= 15 is 0 Å². The lowest BCUT2D eigenvalue weighted by atomic mass is 10.1. The largest absolute Gasteiger partial charge is 0.298 e. The number of benzene rings is 2. The van der Waals surface area contributed by atoms with Gasteiger partial charge in [0.2, 0.25) is 0 Å². The van der Waals surface area contributed by atoms with Crippen LogP contribution < -0.4 is 5.32 Å². The predicted octanol–water partition coefficient (Wildman–Crippen LogP) is 5.26. The van der Waals surface area contributed by atoms with Gasteiger partial charge in [0.1, 0.15) is 0 Å². The summed E-state index contributed by atoms with van der Waals surface area (Å²) in [6.45, 7) is 3.90. The predicted molar refractivity (Wildman–Crippen MR) is 100 cm³/mol. The van der Waals surface area contributed by atoms with Crippen molar-refractivity contribution in [3.05, 3.63) is 80.8 Å². The van der Waals surface area contributed by atoms with E-state index in [1.54, 1.807) is 6.20 Å². The van der Waals surface area contributed by atoms with E-state index in [1.165, 1.54) is 11.3 Å². The van der Waals surface area contributed by atoms with Crippen LogP contribution in [0, 0.1) is 13.8 Å². The molecular formula is C19H17ClN2OS. The molecule has 1 N–H and O–H groups in total. The Morgan fingerprint density at radius 3 is 2.71 bits per heavy atom. The maximum atomic E-state index is 12.3. The van der Waals surface area contributed by atoms with E-state index in [0.29, 0.717) is 10.7 Å². The Bertz CT molecular complexity index is 889. The topological polar surface area (TPSA) is 42.0 Å². The van der Waals surface area contributed by atoms with Gasteiger partial charge in [-0.25, -0.2) is 4.98 Å². The summed E-state index contributed by atoms with van der Waals surface area (Å²) in [5.41, 5.74) is 3.81. The third-order valence-electron chi connectivity index (χ3n) is 3.78. The lowest BCUT2D eigenvalue weighted by Crippen LogP contribution is -2.12. The summed E-state index contributed by atoms with van der Waals surface area (Å²) in [4.78, 5) is 17.7. The molecule has 0 radical (unpaired) electrons. The lowest BCUT2D eigenvalue weighted by Gasteiger charge is -2.04. The number of thiazole rings is 1. The zero-order valence-electron chi connectivity index (χ0n) is 13.5. The van der Waals surface area contributed by atoms with Crippen molar-refractivity contribution in [2.24, 2.45) is 0 Å². The number of nitrogens with zero attached hydrogens (tertiary/aromatic N) is 1. The van der Waals surface area contributed by atoms with Crippen molar-refractivity contribution < 1.29 is 4.79 Å². The SMILES string of the molecule is Cc1ccc(Cc2cnc(NC(=O)c3ccccc3C)s2)cc1Cl. The molecule has 1 heterocycles. The van der Waals surface area contributed by atoms with Crippen LogP contribution in [-0.2, 0) is 6.42 Å². The van der Waals surface area contributed by atoms with Crippen molar-refractivity contribution in [3.63, 3.8) is 0 Å². The second-order valence-corrected chi connectivity index (χ2v) is 7.18. The van der Waals surface area contributed by atoms with Gasteiger partial charge in [-0.2, -0.15) is 0 Å². The fraction of sp³-hybridized carbons (Fsp3) is 0.158. The number of carbonyl (C=O) groups is 1. The molecule has 5 heteroatoms. The number of anilines is 1. The molecule has 0 spiro atoms. The van der Waals surface area contributed by atoms with Gasteiger partial charge >= 0.3 is 0 Å². The zero-order valence-corrected chi connectivity index (χ0v) is 15.0. The Labute approximate surface area is 150 Å². The van der Waals surface area contributed by atoms with Crippen LogP contribution in [0.1, 0.15) is 31.9 Å². The fourth-order valence-corrected chi connectivity index (χ4v) is 3.43. The molecule has 2 aromatic carbocycles. The highest BCUT2D eigenvalue weighted by Gasteiger charge is 2.11. The highest BCUT2D eigenvalue weighted by atomic mass is 35.5. The average Bonchev–Trinajstić information content (AvgIpc) is 2.98. The molecule has 0 aliphatic carbocycles. The van der Waals surface area contributed by atoms with Crippen molar-refractivity contribution in [1.29, 1.82) is 0 Å². The van der Waals surface area contributed by atoms with E-state index in [1.807, 2.05) is 50.2 Å². The van der Waals surface area contributed by atoms with Crippen molar-refractivity contribution in [3.8, 4) is 0 Å². The Balaban J connectivity index is 1.70. The molecule has 0 aliphatic heterocycles. The molecule has 0 aliphatic rings. The third kappa shape index (κ3) is 3.83. The summed E-state index contributed by atoms with van der Waals surface area (Å²) in [5.74, 6) is -0.132. The molecule has 0 unspecified atom stereocenters. The van der Waals surface area contributed by atoms with Crippen molar-refractivity contribution in [2.75, 3.05) is 5.32 Å². The van der Waals surface area contributed by atoms with Crippen molar-refractivity contribution >= 4 is 34.0 Å². The zero-order chi connectivity index (χ0) is 17.1. The van der Waals surface area contributed by atoms with Crippen LogP contribution in [-0.4, -0.2) is 10.9 Å². The van der Waals surface area contributed by atoms with Crippen LogP contribution in [0.4, 0.5) is 5.13 Å². The molecule has 3 aromatic rings.